The minimum Gasteiger partial charge on any atom is -0.496 e. The first-order chi connectivity index (χ1) is 10.1. The van der Waals surface area contributed by atoms with Crippen molar-refractivity contribution in [1.29, 1.82) is 5.26 Å². The standard InChI is InChI=1S/C15H12N2O3S/c1-20-14-3-2-10(8-16)6-11(14)9-21-12-4-5-17-13(7-12)15(18)19/h2-7H,9H2,1H3,(H,18,19). The van der Waals surface area contributed by atoms with Crippen molar-refractivity contribution in [3.8, 4) is 11.8 Å². The molecule has 1 heterocycles. The Balaban J connectivity index is 2.18. The van der Waals surface area contributed by atoms with Gasteiger partial charge in [0.05, 0.1) is 18.7 Å². The molecule has 1 aromatic carbocycles. The van der Waals surface area contributed by atoms with E-state index in [0.29, 0.717) is 17.1 Å². The molecule has 2 rings (SSSR count). The lowest BCUT2D eigenvalue weighted by atomic mass is 10.1. The molecular formula is C15H12N2O3S. The molecule has 0 saturated heterocycles. The van der Waals surface area contributed by atoms with Crippen LogP contribution in [0, 0.1) is 11.3 Å². The van der Waals surface area contributed by atoms with Gasteiger partial charge in [-0.25, -0.2) is 9.78 Å². The van der Waals surface area contributed by atoms with Gasteiger partial charge in [0.1, 0.15) is 11.4 Å². The molecule has 1 aromatic heterocycles. The SMILES string of the molecule is COc1ccc(C#N)cc1CSc1ccnc(C(=O)O)c1. The molecule has 0 fully saturated rings. The first-order valence-electron chi connectivity index (χ1n) is 6.03. The van der Waals surface area contributed by atoms with Gasteiger partial charge in [-0.2, -0.15) is 5.26 Å². The van der Waals surface area contributed by atoms with Gasteiger partial charge in [-0.1, -0.05) is 0 Å². The van der Waals surface area contributed by atoms with Gasteiger partial charge in [-0.05, 0) is 30.3 Å². The van der Waals surface area contributed by atoms with Crippen LogP contribution in [0.1, 0.15) is 21.6 Å². The molecule has 21 heavy (non-hydrogen) atoms. The normalized spacial score (nSPS) is 9.90. The van der Waals surface area contributed by atoms with E-state index in [2.05, 4.69) is 11.1 Å². The number of benzene rings is 1. The number of hydrogen-bond acceptors (Lipinski definition) is 5. The average molecular weight is 300 g/mol. The molecule has 0 unspecified atom stereocenters. The third-order valence-corrected chi connectivity index (χ3v) is 3.80. The van der Waals surface area contributed by atoms with Gasteiger partial charge < -0.3 is 9.84 Å². The van der Waals surface area contributed by atoms with E-state index in [9.17, 15) is 4.79 Å². The summed E-state index contributed by atoms with van der Waals surface area (Å²) < 4.78 is 5.27. The number of hydrogen-bond donors (Lipinski definition) is 1. The van der Waals surface area contributed by atoms with E-state index in [1.165, 1.54) is 24.0 Å². The van der Waals surface area contributed by atoms with Gasteiger partial charge in [0, 0.05) is 22.4 Å². The van der Waals surface area contributed by atoms with Crippen molar-refractivity contribution in [2.45, 2.75) is 10.6 Å². The largest absolute Gasteiger partial charge is 0.496 e. The number of carboxylic acid groups (broad SMARTS) is 1. The van der Waals surface area contributed by atoms with E-state index in [0.717, 1.165) is 10.5 Å². The Hall–Kier alpha value is -2.52. The fourth-order valence-electron chi connectivity index (χ4n) is 1.74. The van der Waals surface area contributed by atoms with Gasteiger partial charge in [0.15, 0.2) is 0 Å². The number of carbonyl (C=O) groups is 1. The maximum absolute atomic E-state index is 10.9. The monoisotopic (exact) mass is 300 g/mol. The Morgan fingerprint density at radius 1 is 1.43 bits per heavy atom. The summed E-state index contributed by atoms with van der Waals surface area (Å²) in [4.78, 5) is 15.5. The second-order valence-electron chi connectivity index (χ2n) is 4.11. The third kappa shape index (κ3) is 3.74. The second kappa shape index (κ2) is 6.77. The van der Waals surface area contributed by atoms with E-state index in [4.69, 9.17) is 15.1 Å². The van der Waals surface area contributed by atoms with Crippen LogP contribution in [0.4, 0.5) is 0 Å². The number of pyridine rings is 1. The van der Waals surface area contributed by atoms with E-state index in [1.807, 2.05) is 0 Å². The molecule has 2 aromatic rings. The lowest BCUT2D eigenvalue weighted by Gasteiger charge is -2.08. The lowest BCUT2D eigenvalue weighted by molar-refractivity contribution is 0.0690. The van der Waals surface area contributed by atoms with Gasteiger partial charge >= 0.3 is 5.97 Å². The Morgan fingerprint density at radius 3 is 2.90 bits per heavy atom. The zero-order chi connectivity index (χ0) is 15.2. The van der Waals surface area contributed by atoms with Gasteiger partial charge in [0.25, 0.3) is 0 Å². The fourth-order valence-corrected chi connectivity index (χ4v) is 2.64. The molecule has 0 saturated carbocycles. The minimum atomic E-state index is -1.05. The number of aromatic nitrogens is 1. The summed E-state index contributed by atoms with van der Waals surface area (Å²) in [6.07, 6.45) is 1.47. The first-order valence-corrected chi connectivity index (χ1v) is 7.01. The molecule has 6 heteroatoms. The van der Waals surface area contributed by atoms with Gasteiger partial charge in [-0.3, -0.25) is 0 Å². The molecular weight excluding hydrogens is 288 g/mol. The van der Waals surface area contributed by atoms with Gasteiger partial charge in [-0.15, -0.1) is 11.8 Å². The summed E-state index contributed by atoms with van der Waals surface area (Å²) in [6, 6.07) is 10.6. The minimum absolute atomic E-state index is 0.0118. The number of carboxylic acids is 1. The van der Waals surface area contributed by atoms with Crippen LogP contribution in [-0.2, 0) is 5.75 Å². The Bertz CT molecular complexity index is 710. The topological polar surface area (TPSA) is 83.2 Å². The van der Waals surface area contributed by atoms with Crippen LogP contribution in [-0.4, -0.2) is 23.2 Å². The highest BCUT2D eigenvalue weighted by molar-refractivity contribution is 7.98. The average Bonchev–Trinajstić information content (AvgIpc) is 2.52. The van der Waals surface area contributed by atoms with Gasteiger partial charge in [0.2, 0.25) is 0 Å². The summed E-state index contributed by atoms with van der Waals surface area (Å²) >= 11 is 1.46. The summed E-state index contributed by atoms with van der Waals surface area (Å²) in [7, 11) is 1.57. The number of rotatable bonds is 5. The number of aromatic carboxylic acids is 1. The highest BCUT2D eigenvalue weighted by Crippen LogP contribution is 2.28. The van der Waals surface area contributed by atoms with Crippen molar-refractivity contribution >= 4 is 17.7 Å². The zero-order valence-corrected chi connectivity index (χ0v) is 12.1. The van der Waals surface area contributed by atoms with Crippen LogP contribution in [0.5, 0.6) is 5.75 Å². The molecule has 5 nitrogen and oxygen atoms in total. The molecule has 0 aliphatic heterocycles. The summed E-state index contributed by atoms with van der Waals surface area (Å²) in [5, 5.41) is 17.9. The number of methoxy groups -OCH3 is 1. The van der Waals surface area contributed by atoms with Crippen molar-refractivity contribution in [2.24, 2.45) is 0 Å². The molecule has 0 aliphatic rings. The number of nitriles is 1. The van der Waals surface area contributed by atoms with Crippen LogP contribution in [0.2, 0.25) is 0 Å². The fraction of sp³-hybridized carbons (Fsp3) is 0.133. The predicted molar refractivity (Wildman–Crippen MR) is 78.5 cm³/mol. The molecule has 106 valence electrons. The number of thioether (sulfide) groups is 1. The molecule has 0 bridgehead atoms. The lowest BCUT2D eigenvalue weighted by Crippen LogP contribution is -1.99. The van der Waals surface area contributed by atoms with E-state index in [-0.39, 0.29) is 5.69 Å². The smallest absolute Gasteiger partial charge is 0.354 e. The quantitative estimate of drug-likeness (QED) is 0.855. The van der Waals surface area contributed by atoms with Crippen LogP contribution in [0.3, 0.4) is 0 Å². The van der Waals surface area contributed by atoms with E-state index >= 15 is 0 Å². The summed E-state index contributed by atoms with van der Waals surface area (Å²) in [6.45, 7) is 0. The Labute approximate surface area is 126 Å². The van der Waals surface area contributed by atoms with Crippen molar-refractivity contribution in [3.63, 3.8) is 0 Å². The summed E-state index contributed by atoms with van der Waals surface area (Å²) in [5.41, 5.74) is 1.46. The molecule has 1 N–H and O–H groups in total. The maximum Gasteiger partial charge on any atom is 0.354 e. The van der Waals surface area contributed by atoms with Crippen molar-refractivity contribution in [3.05, 3.63) is 53.3 Å². The zero-order valence-electron chi connectivity index (χ0n) is 11.2. The number of nitrogens with zero attached hydrogens (tertiary/aromatic N) is 2. The second-order valence-corrected chi connectivity index (χ2v) is 5.16. The van der Waals surface area contributed by atoms with E-state index < -0.39 is 5.97 Å². The summed E-state index contributed by atoms with van der Waals surface area (Å²) in [5.74, 6) is 0.220. The maximum atomic E-state index is 10.9. The van der Waals surface area contributed by atoms with Crippen molar-refractivity contribution in [2.75, 3.05) is 7.11 Å². The highest BCUT2D eigenvalue weighted by atomic mass is 32.2. The molecule has 0 aliphatic carbocycles. The highest BCUT2D eigenvalue weighted by Gasteiger charge is 2.08. The van der Waals surface area contributed by atoms with Crippen LogP contribution < -0.4 is 4.74 Å². The van der Waals surface area contributed by atoms with Crippen molar-refractivity contribution < 1.29 is 14.6 Å². The van der Waals surface area contributed by atoms with Crippen LogP contribution >= 0.6 is 11.8 Å². The Kier molecular flexibility index (Phi) is 4.80. The third-order valence-electron chi connectivity index (χ3n) is 2.75. The predicted octanol–water partition coefficient (Wildman–Crippen LogP) is 2.95. The molecule has 0 spiro atoms. The molecule has 0 amide bonds. The molecule has 0 radical (unpaired) electrons. The number of ether oxygens (including phenoxy) is 1. The van der Waals surface area contributed by atoms with Crippen LogP contribution in [0.15, 0.2) is 41.4 Å². The van der Waals surface area contributed by atoms with Crippen LogP contribution in [0.25, 0.3) is 0 Å². The van der Waals surface area contributed by atoms with Crippen molar-refractivity contribution in [1.82, 2.24) is 4.98 Å². The van der Waals surface area contributed by atoms with E-state index in [1.54, 1.807) is 31.4 Å². The first kappa shape index (κ1) is 14.9. The molecule has 0 atom stereocenters. The Morgan fingerprint density at radius 2 is 2.24 bits per heavy atom.